The summed E-state index contributed by atoms with van der Waals surface area (Å²) < 4.78 is 33.0. The minimum Gasteiger partial charge on any atom is -0.379 e. The van der Waals surface area contributed by atoms with Crippen LogP contribution in [0.3, 0.4) is 0 Å². The smallest absolute Gasteiger partial charge is 0.279 e. The van der Waals surface area contributed by atoms with Gasteiger partial charge in [0.15, 0.2) is 0 Å². The van der Waals surface area contributed by atoms with Gasteiger partial charge in [0, 0.05) is 25.0 Å². The lowest BCUT2D eigenvalue weighted by atomic mass is 10.1. The van der Waals surface area contributed by atoms with E-state index >= 15 is 0 Å². The number of rotatable bonds is 5. The maximum atomic E-state index is 11.9. The highest BCUT2D eigenvalue weighted by molar-refractivity contribution is 7.87. The van der Waals surface area contributed by atoms with Crippen LogP contribution in [0.5, 0.6) is 0 Å². The van der Waals surface area contributed by atoms with Crippen molar-refractivity contribution in [3.63, 3.8) is 0 Å². The van der Waals surface area contributed by atoms with Crippen LogP contribution in [0.2, 0.25) is 0 Å². The van der Waals surface area contributed by atoms with Gasteiger partial charge in [0.25, 0.3) is 10.2 Å². The fraction of sp³-hybridized carbons (Fsp3) is 1.00. The third kappa shape index (κ3) is 3.85. The van der Waals surface area contributed by atoms with E-state index in [0.29, 0.717) is 32.2 Å². The highest BCUT2D eigenvalue weighted by Crippen LogP contribution is 2.09. The van der Waals surface area contributed by atoms with Gasteiger partial charge >= 0.3 is 0 Å². The van der Waals surface area contributed by atoms with Crippen LogP contribution in [0.4, 0.5) is 0 Å². The first-order chi connectivity index (χ1) is 7.47. The molecule has 0 radical (unpaired) electrons. The molecule has 1 heterocycles. The van der Waals surface area contributed by atoms with E-state index in [4.69, 9.17) is 16.3 Å². The molecule has 1 saturated heterocycles. The molecule has 0 bridgehead atoms. The number of morpholine rings is 1. The minimum atomic E-state index is -3.39. The van der Waals surface area contributed by atoms with Crippen molar-refractivity contribution < 1.29 is 13.2 Å². The van der Waals surface area contributed by atoms with Gasteiger partial charge in [-0.3, -0.25) is 0 Å². The van der Waals surface area contributed by atoms with Crippen molar-refractivity contribution in [1.29, 1.82) is 0 Å². The average Bonchev–Trinajstić information content (AvgIpc) is 2.28. The topological polar surface area (TPSA) is 58.6 Å². The van der Waals surface area contributed by atoms with E-state index in [-0.39, 0.29) is 12.0 Å². The van der Waals surface area contributed by atoms with E-state index in [2.05, 4.69) is 4.72 Å². The van der Waals surface area contributed by atoms with E-state index in [1.54, 1.807) is 0 Å². The summed E-state index contributed by atoms with van der Waals surface area (Å²) in [5.41, 5.74) is 0. The predicted molar refractivity (Wildman–Crippen MR) is 63.8 cm³/mol. The lowest BCUT2D eigenvalue weighted by Gasteiger charge is -2.28. The first-order valence-corrected chi connectivity index (χ1v) is 7.36. The number of nitrogens with one attached hydrogen (secondary N) is 1. The number of halogens is 1. The molecule has 2 unspecified atom stereocenters. The van der Waals surface area contributed by atoms with Crippen LogP contribution in [0.25, 0.3) is 0 Å². The van der Waals surface area contributed by atoms with E-state index in [1.165, 1.54) is 4.31 Å². The quantitative estimate of drug-likeness (QED) is 0.737. The second-order valence-corrected chi connectivity index (χ2v) is 6.07. The molecule has 16 heavy (non-hydrogen) atoms. The lowest BCUT2D eigenvalue weighted by molar-refractivity contribution is 0.0722. The molecule has 0 aromatic carbocycles. The van der Waals surface area contributed by atoms with Gasteiger partial charge in [0.05, 0.1) is 13.2 Å². The van der Waals surface area contributed by atoms with Gasteiger partial charge in [-0.2, -0.15) is 17.4 Å². The SMILES string of the molecule is CC(CCl)C(C)NS(=O)(=O)N1CCOCC1. The molecule has 0 amide bonds. The van der Waals surface area contributed by atoms with E-state index in [0.717, 1.165) is 0 Å². The Morgan fingerprint density at radius 3 is 2.44 bits per heavy atom. The largest absolute Gasteiger partial charge is 0.379 e. The molecular weight excluding hydrogens is 252 g/mol. The van der Waals surface area contributed by atoms with Crippen LogP contribution in [0.15, 0.2) is 0 Å². The van der Waals surface area contributed by atoms with Crippen LogP contribution in [0.1, 0.15) is 13.8 Å². The lowest BCUT2D eigenvalue weighted by Crippen LogP contribution is -2.50. The maximum Gasteiger partial charge on any atom is 0.279 e. The maximum absolute atomic E-state index is 11.9. The zero-order valence-electron chi connectivity index (χ0n) is 9.65. The standard InChI is InChI=1S/C9H19ClN2O3S/c1-8(7-10)9(2)11-16(13,14)12-3-5-15-6-4-12/h8-9,11H,3-7H2,1-2H3. The summed E-state index contributed by atoms with van der Waals surface area (Å²) in [4.78, 5) is 0. The zero-order chi connectivity index (χ0) is 12.2. The normalized spacial score (nSPS) is 22.9. The molecule has 2 atom stereocenters. The fourth-order valence-corrected chi connectivity index (χ4v) is 3.09. The van der Waals surface area contributed by atoms with Crippen molar-refractivity contribution in [2.45, 2.75) is 19.9 Å². The van der Waals surface area contributed by atoms with E-state index in [9.17, 15) is 8.42 Å². The number of alkyl halides is 1. The van der Waals surface area contributed by atoms with Gasteiger partial charge < -0.3 is 4.74 Å². The van der Waals surface area contributed by atoms with Crippen LogP contribution >= 0.6 is 11.6 Å². The fourth-order valence-electron chi connectivity index (χ4n) is 1.35. The van der Waals surface area contributed by atoms with Crippen LogP contribution in [-0.4, -0.2) is 50.9 Å². The number of nitrogens with zero attached hydrogens (tertiary/aromatic N) is 1. The molecule has 0 aromatic rings. The molecule has 1 fully saturated rings. The Morgan fingerprint density at radius 1 is 1.38 bits per heavy atom. The second kappa shape index (κ2) is 6.16. The minimum absolute atomic E-state index is 0.109. The summed E-state index contributed by atoms with van der Waals surface area (Å²) in [6.07, 6.45) is 0. The molecule has 5 nitrogen and oxygen atoms in total. The number of ether oxygens (including phenoxy) is 1. The molecule has 96 valence electrons. The molecule has 1 aliphatic rings. The van der Waals surface area contributed by atoms with Crippen molar-refractivity contribution in [2.75, 3.05) is 32.2 Å². The van der Waals surface area contributed by atoms with Crippen LogP contribution < -0.4 is 4.72 Å². The van der Waals surface area contributed by atoms with Crippen molar-refractivity contribution in [2.24, 2.45) is 5.92 Å². The van der Waals surface area contributed by atoms with Gasteiger partial charge in [0.1, 0.15) is 0 Å². The molecule has 1 N–H and O–H groups in total. The van der Waals surface area contributed by atoms with Crippen molar-refractivity contribution in [3.8, 4) is 0 Å². The summed E-state index contributed by atoms with van der Waals surface area (Å²) >= 11 is 5.69. The first-order valence-electron chi connectivity index (χ1n) is 5.38. The Bertz CT molecular complexity index is 304. The Hall–Kier alpha value is 0.120. The van der Waals surface area contributed by atoms with E-state index < -0.39 is 10.2 Å². The van der Waals surface area contributed by atoms with Gasteiger partial charge in [-0.05, 0) is 12.8 Å². The van der Waals surface area contributed by atoms with Crippen molar-refractivity contribution >= 4 is 21.8 Å². The van der Waals surface area contributed by atoms with Gasteiger partial charge in [0.2, 0.25) is 0 Å². The van der Waals surface area contributed by atoms with E-state index in [1.807, 2.05) is 13.8 Å². The molecule has 0 saturated carbocycles. The third-order valence-electron chi connectivity index (χ3n) is 2.74. The Balaban J connectivity index is 2.56. The Morgan fingerprint density at radius 2 is 1.94 bits per heavy atom. The van der Waals surface area contributed by atoms with Gasteiger partial charge in [-0.25, -0.2) is 0 Å². The summed E-state index contributed by atoms with van der Waals surface area (Å²) in [5.74, 6) is 0.546. The summed E-state index contributed by atoms with van der Waals surface area (Å²) in [6.45, 7) is 5.49. The first kappa shape index (κ1) is 14.2. The molecule has 1 aliphatic heterocycles. The number of hydrogen-bond donors (Lipinski definition) is 1. The summed E-state index contributed by atoms with van der Waals surface area (Å²) in [5, 5.41) is 0. The highest BCUT2D eigenvalue weighted by Gasteiger charge is 2.26. The van der Waals surface area contributed by atoms with Crippen LogP contribution in [0, 0.1) is 5.92 Å². The summed E-state index contributed by atoms with van der Waals surface area (Å²) in [6, 6.07) is -0.162. The highest BCUT2D eigenvalue weighted by atomic mass is 35.5. The third-order valence-corrected chi connectivity index (χ3v) is 4.94. The monoisotopic (exact) mass is 270 g/mol. The average molecular weight is 271 g/mol. The molecule has 0 aromatic heterocycles. The molecule has 1 rings (SSSR count). The molecular formula is C9H19ClN2O3S. The Kier molecular flexibility index (Phi) is 5.46. The molecule has 0 spiro atoms. The molecule has 0 aliphatic carbocycles. The van der Waals surface area contributed by atoms with Crippen molar-refractivity contribution in [3.05, 3.63) is 0 Å². The Labute approximate surface area is 102 Å². The van der Waals surface area contributed by atoms with Crippen molar-refractivity contribution in [1.82, 2.24) is 9.03 Å². The summed E-state index contributed by atoms with van der Waals surface area (Å²) in [7, 11) is -3.39. The predicted octanol–water partition coefficient (Wildman–Crippen LogP) is 0.416. The number of hydrogen-bond acceptors (Lipinski definition) is 3. The molecule has 7 heteroatoms. The van der Waals surface area contributed by atoms with Crippen LogP contribution in [-0.2, 0) is 14.9 Å². The van der Waals surface area contributed by atoms with Gasteiger partial charge in [-0.1, -0.05) is 6.92 Å². The van der Waals surface area contributed by atoms with Gasteiger partial charge in [-0.15, -0.1) is 11.6 Å². The zero-order valence-corrected chi connectivity index (χ0v) is 11.2. The second-order valence-electron chi connectivity index (χ2n) is 4.05.